The molecule has 1 saturated carbocycles. The minimum Gasteiger partial charge on any atom is -0.357 e. The molecular formula is C17H35IN4O. The van der Waals surface area contributed by atoms with Gasteiger partial charge in [0.2, 0.25) is 5.91 Å². The van der Waals surface area contributed by atoms with Crippen LogP contribution in [0.3, 0.4) is 0 Å². The average molecular weight is 438 g/mol. The van der Waals surface area contributed by atoms with Gasteiger partial charge in [-0.1, -0.05) is 6.92 Å². The molecule has 1 rings (SSSR count). The van der Waals surface area contributed by atoms with E-state index in [1.807, 2.05) is 20.8 Å². The van der Waals surface area contributed by atoms with E-state index >= 15 is 0 Å². The number of hydrogen-bond acceptors (Lipinski definition) is 2. The zero-order chi connectivity index (χ0) is 16.6. The lowest BCUT2D eigenvalue weighted by atomic mass is 9.87. The summed E-state index contributed by atoms with van der Waals surface area (Å²) >= 11 is 0. The number of nitrogens with zero attached hydrogens (tertiary/aromatic N) is 1. The van der Waals surface area contributed by atoms with Crippen molar-refractivity contribution in [3.63, 3.8) is 0 Å². The van der Waals surface area contributed by atoms with E-state index in [-0.39, 0.29) is 29.9 Å². The maximum absolute atomic E-state index is 12.0. The number of halogens is 1. The van der Waals surface area contributed by atoms with Crippen LogP contribution < -0.4 is 16.0 Å². The summed E-state index contributed by atoms with van der Waals surface area (Å²) in [6.45, 7) is 12.2. The monoisotopic (exact) mass is 438 g/mol. The summed E-state index contributed by atoms with van der Waals surface area (Å²) in [5, 5.41) is 9.70. The van der Waals surface area contributed by atoms with E-state index in [4.69, 9.17) is 0 Å². The van der Waals surface area contributed by atoms with Crippen LogP contribution in [0.25, 0.3) is 0 Å². The first-order valence-electron chi connectivity index (χ1n) is 8.72. The second-order valence-electron chi connectivity index (χ2n) is 7.04. The van der Waals surface area contributed by atoms with Crippen LogP contribution in [0.4, 0.5) is 0 Å². The average Bonchev–Trinajstić information content (AvgIpc) is 2.47. The fraction of sp³-hybridized carbons (Fsp3) is 0.882. The van der Waals surface area contributed by atoms with Gasteiger partial charge in [-0.3, -0.25) is 9.79 Å². The minimum atomic E-state index is -0.487. The molecule has 0 bridgehead atoms. The number of amides is 1. The lowest BCUT2D eigenvalue weighted by Crippen LogP contribution is -2.46. The lowest BCUT2D eigenvalue weighted by Gasteiger charge is -2.29. The number of nitrogens with one attached hydrogen (secondary N) is 3. The van der Waals surface area contributed by atoms with Gasteiger partial charge in [0.15, 0.2) is 5.96 Å². The summed E-state index contributed by atoms with van der Waals surface area (Å²) < 4.78 is 0. The summed E-state index contributed by atoms with van der Waals surface area (Å²) in [7, 11) is 0. The molecule has 0 heterocycles. The number of carbonyl (C=O) groups excluding carboxylic acids is 1. The van der Waals surface area contributed by atoms with Crippen LogP contribution in [0.1, 0.15) is 60.3 Å². The summed E-state index contributed by atoms with van der Waals surface area (Å²) in [6, 6.07) is 0.501. The fourth-order valence-corrected chi connectivity index (χ4v) is 2.67. The Hall–Kier alpha value is -0.530. The predicted octanol–water partition coefficient (Wildman–Crippen LogP) is 2.90. The third kappa shape index (κ3) is 8.22. The SMILES string of the molecule is CCNC(=O)C(C)(C)CN=C(NCC)NC1CCC(C)CC1.I. The number of aliphatic imine (C=N–C) groups is 1. The Bertz CT molecular complexity index is 377. The van der Waals surface area contributed by atoms with Gasteiger partial charge in [-0.2, -0.15) is 0 Å². The molecule has 1 aliphatic rings. The maximum atomic E-state index is 12.0. The van der Waals surface area contributed by atoms with Crippen molar-refractivity contribution < 1.29 is 4.79 Å². The Morgan fingerprint density at radius 1 is 1.09 bits per heavy atom. The van der Waals surface area contributed by atoms with Gasteiger partial charge in [0.25, 0.3) is 0 Å². The second kappa shape index (κ2) is 11.1. The molecule has 0 aromatic heterocycles. The van der Waals surface area contributed by atoms with Crippen LogP contribution in [0.15, 0.2) is 4.99 Å². The largest absolute Gasteiger partial charge is 0.357 e. The highest BCUT2D eigenvalue weighted by Gasteiger charge is 2.27. The number of hydrogen-bond donors (Lipinski definition) is 3. The van der Waals surface area contributed by atoms with Crippen molar-refractivity contribution >= 4 is 35.8 Å². The first kappa shape index (κ1) is 22.5. The van der Waals surface area contributed by atoms with E-state index in [1.54, 1.807) is 0 Å². The van der Waals surface area contributed by atoms with Crippen LogP contribution in [0, 0.1) is 11.3 Å². The molecule has 0 saturated heterocycles. The van der Waals surface area contributed by atoms with Crippen molar-refractivity contribution in [3.8, 4) is 0 Å². The van der Waals surface area contributed by atoms with Crippen molar-refractivity contribution in [1.29, 1.82) is 0 Å². The second-order valence-corrected chi connectivity index (χ2v) is 7.04. The van der Waals surface area contributed by atoms with Gasteiger partial charge in [0.05, 0.1) is 12.0 Å². The predicted molar refractivity (Wildman–Crippen MR) is 108 cm³/mol. The Morgan fingerprint density at radius 2 is 1.65 bits per heavy atom. The first-order valence-corrected chi connectivity index (χ1v) is 8.72. The maximum Gasteiger partial charge on any atom is 0.227 e. The molecule has 23 heavy (non-hydrogen) atoms. The highest BCUT2D eigenvalue weighted by Crippen LogP contribution is 2.23. The van der Waals surface area contributed by atoms with Crippen molar-refractivity contribution in [2.24, 2.45) is 16.3 Å². The standard InChI is InChI=1S/C17H34N4O.HI/c1-6-18-15(22)17(4,5)12-20-16(19-7-2)21-14-10-8-13(3)9-11-14;/h13-14H,6-12H2,1-5H3,(H,18,22)(H2,19,20,21);1H. The fourth-order valence-electron chi connectivity index (χ4n) is 2.67. The molecule has 0 atom stereocenters. The number of guanidine groups is 1. The highest BCUT2D eigenvalue weighted by molar-refractivity contribution is 14.0. The van der Waals surface area contributed by atoms with Crippen molar-refractivity contribution in [1.82, 2.24) is 16.0 Å². The Morgan fingerprint density at radius 3 is 2.17 bits per heavy atom. The summed E-state index contributed by atoms with van der Waals surface area (Å²) in [5.41, 5.74) is -0.487. The van der Waals surface area contributed by atoms with Crippen molar-refractivity contribution in [2.75, 3.05) is 19.6 Å². The molecule has 0 aromatic carbocycles. The van der Waals surface area contributed by atoms with Crippen LogP contribution in [-0.2, 0) is 4.79 Å². The highest BCUT2D eigenvalue weighted by atomic mass is 127. The van der Waals surface area contributed by atoms with E-state index in [1.165, 1.54) is 25.7 Å². The van der Waals surface area contributed by atoms with Gasteiger partial charge in [-0.15, -0.1) is 24.0 Å². The zero-order valence-corrected chi connectivity index (χ0v) is 17.7. The van der Waals surface area contributed by atoms with Gasteiger partial charge < -0.3 is 16.0 Å². The molecule has 0 aromatic rings. The minimum absolute atomic E-state index is 0. The topological polar surface area (TPSA) is 65.5 Å². The third-order valence-corrected chi connectivity index (χ3v) is 4.29. The van der Waals surface area contributed by atoms with E-state index in [0.29, 0.717) is 19.1 Å². The molecule has 1 amide bonds. The molecule has 1 fully saturated rings. The third-order valence-electron chi connectivity index (χ3n) is 4.29. The molecule has 1 aliphatic carbocycles. The summed E-state index contributed by atoms with van der Waals surface area (Å²) in [6.07, 6.45) is 4.96. The normalized spacial score (nSPS) is 22.0. The van der Waals surface area contributed by atoms with Crippen LogP contribution >= 0.6 is 24.0 Å². The van der Waals surface area contributed by atoms with Gasteiger partial charge in [0.1, 0.15) is 0 Å². The van der Waals surface area contributed by atoms with E-state index in [9.17, 15) is 4.79 Å². The molecule has 6 heteroatoms. The summed E-state index contributed by atoms with van der Waals surface area (Å²) in [4.78, 5) is 16.7. The molecule has 0 spiro atoms. The molecular weight excluding hydrogens is 403 g/mol. The Kier molecular flexibility index (Phi) is 10.8. The molecule has 5 nitrogen and oxygen atoms in total. The molecule has 136 valence electrons. The van der Waals surface area contributed by atoms with Crippen molar-refractivity contribution in [2.45, 2.75) is 66.3 Å². The van der Waals surface area contributed by atoms with Gasteiger partial charge >= 0.3 is 0 Å². The molecule has 0 radical (unpaired) electrons. The van der Waals surface area contributed by atoms with Crippen LogP contribution in [-0.4, -0.2) is 37.5 Å². The quantitative estimate of drug-likeness (QED) is 0.340. The van der Waals surface area contributed by atoms with Gasteiger partial charge in [-0.05, 0) is 59.3 Å². The van der Waals surface area contributed by atoms with E-state index < -0.39 is 5.41 Å². The van der Waals surface area contributed by atoms with Gasteiger partial charge in [-0.25, -0.2) is 0 Å². The van der Waals surface area contributed by atoms with Crippen molar-refractivity contribution in [3.05, 3.63) is 0 Å². The van der Waals surface area contributed by atoms with E-state index in [0.717, 1.165) is 18.4 Å². The number of carbonyl (C=O) groups is 1. The molecule has 0 aliphatic heterocycles. The van der Waals surface area contributed by atoms with Crippen LogP contribution in [0.2, 0.25) is 0 Å². The van der Waals surface area contributed by atoms with Gasteiger partial charge in [0, 0.05) is 19.1 Å². The van der Waals surface area contributed by atoms with Crippen LogP contribution in [0.5, 0.6) is 0 Å². The smallest absolute Gasteiger partial charge is 0.227 e. The zero-order valence-electron chi connectivity index (χ0n) is 15.4. The molecule has 3 N–H and O–H groups in total. The van der Waals surface area contributed by atoms with E-state index in [2.05, 4.69) is 34.8 Å². The lowest BCUT2D eigenvalue weighted by molar-refractivity contribution is -0.128. The Balaban J connectivity index is 0.00000484. The number of rotatable bonds is 6. The Labute approximate surface area is 158 Å². The first-order chi connectivity index (χ1) is 10.4. The summed E-state index contributed by atoms with van der Waals surface area (Å²) in [5.74, 6) is 1.73. The molecule has 0 unspecified atom stereocenters.